The first-order valence-corrected chi connectivity index (χ1v) is 6.73. The second kappa shape index (κ2) is 7.03. The molecule has 5 nitrogen and oxygen atoms in total. The van der Waals surface area contributed by atoms with Crippen LogP contribution in [0.5, 0.6) is 0 Å². The Morgan fingerprint density at radius 1 is 1.18 bits per heavy atom. The molecule has 0 saturated heterocycles. The van der Waals surface area contributed by atoms with Crippen LogP contribution in [0.3, 0.4) is 0 Å². The highest BCUT2D eigenvalue weighted by atomic mass is 32.2. The lowest BCUT2D eigenvalue weighted by atomic mass is 10.0. The Balaban J connectivity index is 2.53. The van der Waals surface area contributed by atoms with E-state index in [1.54, 1.807) is 11.8 Å². The van der Waals surface area contributed by atoms with Crippen molar-refractivity contribution in [3.63, 3.8) is 0 Å². The van der Waals surface area contributed by atoms with Gasteiger partial charge in [0.05, 0.1) is 37.7 Å². The average Bonchev–Trinajstić information content (AvgIpc) is 2.80. The third-order valence-corrected chi connectivity index (χ3v) is 3.12. The van der Waals surface area contributed by atoms with E-state index in [1.807, 2.05) is 18.4 Å². The molecule has 4 N–H and O–H groups in total. The van der Waals surface area contributed by atoms with Crippen molar-refractivity contribution in [1.29, 1.82) is 0 Å². The summed E-state index contributed by atoms with van der Waals surface area (Å²) in [7, 11) is 0. The molecule has 0 amide bonds. The van der Waals surface area contributed by atoms with Gasteiger partial charge in [0.2, 0.25) is 0 Å². The fourth-order valence-corrected chi connectivity index (χ4v) is 1.77. The van der Waals surface area contributed by atoms with Crippen LogP contribution in [0.1, 0.15) is 11.5 Å². The zero-order valence-corrected chi connectivity index (χ0v) is 10.7. The summed E-state index contributed by atoms with van der Waals surface area (Å²) < 4.78 is 5.52. The lowest BCUT2D eigenvalue weighted by Gasteiger charge is -2.28. The van der Waals surface area contributed by atoms with E-state index in [4.69, 9.17) is 19.7 Å². The SMILES string of the molecule is CSCc1ccc(CNC(CO)(CO)CO)o1. The van der Waals surface area contributed by atoms with E-state index in [0.717, 1.165) is 11.5 Å². The molecule has 0 aliphatic carbocycles. The largest absolute Gasteiger partial charge is 0.464 e. The third-order valence-electron chi connectivity index (χ3n) is 2.55. The first-order valence-electron chi connectivity index (χ1n) is 5.34. The van der Waals surface area contributed by atoms with Crippen LogP contribution < -0.4 is 5.32 Å². The van der Waals surface area contributed by atoms with Crippen LogP contribution in [0.2, 0.25) is 0 Å². The molecular weight excluding hydrogens is 242 g/mol. The van der Waals surface area contributed by atoms with Gasteiger partial charge in [-0.25, -0.2) is 0 Å². The smallest absolute Gasteiger partial charge is 0.118 e. The van der Waals surface area contributed by atoms with Gasteiger partial charge in [0.1, 0.15) is 11.5 Å². The summed E-state index contributed by atoms with van der Waals surface area (Å²) in [4.78, 5) is 0. The van der Waals surface area contributed by atoms with Crippen LogP contribution in [0.15, 0.2) is 16.5 Å². The molecule has 0 saturated carbocycles. The van der Waals surface area contributed by atoms with Gasteiger partial charge in [-0.1, -0.05) is 0 Å². The molecular formula is C11H19NO4S. The summed E-state index contributed by atoms with van der Waals surface area (Å²) in [5.74, 6) is 2.41. The number of aliphatic hydroxyl groups excluding tert-OH is 3. The van der Waals surface area contributed by atoms with Crippen LogP contribution in [-0.2, 0) is 12.3 Å². The highest BCUT2D eigenvalue weighted by molar-refractivity contribution is 7.97. The molecule has 0 aromatic carbocycles. The quantitative estimate of drug-likeness (QED) is 0.525. The summed E-state index contributed by atoms with van der Waals surface area (Å²) in [6.07, 6.45) is 1.99. The van der Waals surface area contributed by atoms with Crippen molar-refractivity contribution in [1.82, 2.24) is 5.32 Å². The Bertz CT molecular complexity index is 317. The summed E-state index contributed by atoms with van der Waals surface area (Å²) in [6.45, 7) is -0.648. The molecule has 0 spiro atoms. The standard InChI is InChI=1S/C11H19NO4S/c1-17-5-10-3-2-9(16-10)4-12-11(6-13,7-14)8-15/h2-3,12-15H,4-8H2,1H3. The normalized spacial score (nSPS) is 12.0. The lowest BCUT2D eigenvalue weighted by molar-refractivity contribution is 0.0401. The van der Waals surface area contributed by atoms with E-state index in [9.17, 15) is 0 Å². The molecule has 0 atom stereocenters. The van der Waals surface area contributed by atoms with Crippen molar-refractivity contribution in [3.8, 4) is 0 Å². The van der Waals surface area contributed by atoms with Crippen molar-refractivity contribution in [2.45, 2.75) is 17.8 Å². The van der Waals surface area contributed by atoms with Crippen molar-refractivity contribution < 1.29 is 19.7 Å². The molecule has 0 fully saturated rings. The number of hydrogen-bond acceptors (Lipinski definition) is 6. The highest BCUT2D eigenvalue weighted by Gasteiger charge is 2.27. The van der Waals surface area contributed by atoms with Gasteiger partial charge in [0.15, 0.2) is 0 Å². The summed E-state index contributed by atoms with van der Waals surface area (Å²) >= 11 is 1.67. The molecule has 17 heavy (non-hydrogen) atoms. The summed E-state index contributed by atoms with van der Waals surface area (Å²) in [5.41, 5.74) is -1.06. The summed E-state index contributed by atoms with van der Waals surface area (Å²) in [6, 6.07) is 3.74. The second-order valence-corrected chi connectivity index (χ2v) is 4.78. The van der Waals surface area contributed by atoms with E-state index in [0.29, 0.717) is 12.3 Å². The van der Waals surface area contributed by atoms with E-state index in [2.05, 4.69) is 5.32 Å². The fourth-order valence-electron chi connectivity index (χ4n) is 1.33. The number of thioether (sulfide) groups is 1. The number of nitrogens with one attached hydrogen (secondary N) is 1. The van der Waals surface area contributed by atoms with Gasteiger partial charge in [-0.2, -0.15) is 11.8 Å². The maximum atomic E-state index is 9.13. The molecule has 1 aromatic rings. The van der Waals surface area contributed by atoms with Crippen molar-refractivity contribution in [2.24, 2.45) is 0 Å². The molecule has 0 aliphatic heterocycles. The van der Waals surface area contributed by atoms with Crippen LogP contribution in [0, 0.1) is 0 Å². The van der Waals surface area contributed by atoms with Crippen molar-refractivity contribution in [2.75, 3.05) is 26.1 Å². The summed E-state index contributed by atoms with van der Waals surface area (Å²) in [5, 5.41) is 30.3. The molecule has 0 unspecified atom stereocenters. The maximum absolute atomic E-state index is 9.13. The Kier molecular flexibility index (Phi) is 6.01. The number of rotatable bonds is 8. The zero-order chi connectivity index (χ0) is 12.7. The first kappa shape index (κ1) is 14.5. The van der Waals surface area contributed by atoms with Gasteiger partial charge in [-0.3, -0.25) is 5.32 Å². The van der Waals surface area contributed by atoms with Gasteiger partial charge >= 0.3 is 0 Å². The van der Waals surface area contributed by atoms with Crippen LogP contribution in [0.4, 0.5) is 0 Å². The molecule has 98 valence electrons. The van der Waals surface area contributed by atoms with E-state index >= 15 is 0 Å². The van der Waals surface area contributed by atoms with E-state index in [1.165, 1.54) is 0 Å². The number of aliphatic hydroxyl groups is 3. The van der Waals surface area contributed by atoms with Gasteiger partial charge in [-0.15, -0.1) is 0 Å². The molecule has 0 bridgehead atoms. The monoisotopic (exact) mass is 261 g/mol. The maximum Gasteiger partial charge on any atom is 0.118 e. The predicted octanol–water partition coefficient (Wildman–Crippen LogP) is -0.0521. The average molecular weight is 261 g/mol. The number of furan rings is 1. The van der Waals surface area contributed by atoms with Crippen LogP contribution >= 0.6 is 11.8 Å². The van der Waals surface area contributed by atoms with Gasteiger partial charge in [0.25, 0.3) is 0 Å². The van der Waals surface area contributed by atoms with E-state index < -0.39 is 5.54 Å². The minimum atomic E-state index is -1.06. The van der Waals surface area contributed by atoms with Crippen LogP contribution in [-0.4, -0.2) is 46.9 Å². The topological polar surface area (TPSA) is 85.9 Å². The fraction of sp³-hybridized carbons (Fsp3) is 0.636. The highest BCUT2D eigenvalue weighted by Crippen LogP contribution is 2.14. The third kappa shape index (κ3) is 4.01. The molecule has 1 heterocycles. The van der Waals surface area contributed by atoms with Crippen molar-refractivity contribution in [3.05, 3.63) is 23.7 Å². The lowest BCUT2D eigenvalue weighted by Crippen LogP contribution is -2.54. The molecule has 6 heteroatoms. The predicted molar refractivity (Wildman–Crippen MR) is 66.8 cm³/mol. The Labute approximate surface area is 105 Å². The second-order valence-electron chi connectivity index (χ2n) is 3.91. The Morgan fingerprint density at radius 2 is 1.76 bits per heavy atom. The molecule has 0 radical (unpaired) electrons. The molecule has 0 aliphatic rings. The van der Waals surface area contributed by atoms with E-state index in [-0.39, 0.29) is 19.8 Å². The minimum Gasteiger partial charge on any atom is -0.464 e. The van der Waals surface area contributed by atoms with Crippen molar-refractivity contribution >= 4 is 11.8 Å². The zero-order valence-electron chi connectivity index (χ0n) is 9.85. The van der Waals surface area contributed by atoms with Crippen LogP contribution in [0.25, 0.3) is 0 Å². The Hall–Kier alpha value is -0.530. The van der Waals surface area contributed by atoms with Gasteiger partial charge in [0, 0.05) is 0 Å². The minimum absolute atomic E-state index is 0.335. The Morgan fingerprint density at radius 3 is 2.29 bits per heavy atom. The number of hydrogen-bond donors (Lipinski definition) is 4. The van der Waals surface area contributed by atoms with Gasteiger partial charge in [-0.05, 0) is 18.4 Å². The molecule has 1 aromatic heterocycles. The molecule has 1 rings (SSSR count). The first-order chi connectivity index (χ1) is 8.19. The van der Waals surface area contributed by atoms with Gasteiger partial charge < -0.3 is 19.7 Å².